The number of carbonyl (C=O) groups excluding carboxylic acids is 2. The second-order valence-corrected chi connectivity index (χ2v) is 6.99. The predicted octanol–water partition coefficient (Wildman–Crippen LogP) is 4.89. The van der Waals surface area contributed by atoms with E-state index in [1.165, 1.54) is 7.11 Å². The number of aryl methyl sites for hydroxylation is 1. The molecule has 31 heavy (non-hydrogen) atoms. The van der Waals surface area contributed by atoms with E-state index in [0.29, 0.717) is 16.8 Å². The molecule has 0 aliphatic rings. The summed E-state index contributed by atoms with van der Waals surface area (Å²) in [5, 5.41) is 7.39. The van der Waals surface area contributed by atoms with Gasteiger partial charge in [0.15, 0.2) is 0 Å². The molecule has 1 aromatic heterocycles. The minimum atomic E-state index is -0.506. The van der Waals surface area contributed by atoms with E-state index in [4.69, 9.17) is 4.74 Å². The van der Waals surface area contributed by atoms with Gasteiger partial charge in [0, 0.05) is 11.1 Å². The van der Waals surface area contributed by atoms with Gasteiger partial charge >= 0.3 is 5.97 Å². The Morgan fingerprint density at radius 1 is 0.903 bits per heavy atom. The SMILES string of the molecule is COC(=O)c1ccccc1NC(=O)c1ccc(-n2nc(C)cc2-c2ccccc2)cc1. The van der Waals surface area contributed by atoms with E-state index in [1.54, 1.807) is 36.4 Å². The molecule has 6 heteroatoms. The van der Waals surface area contributed by atoms with Gasteiger partial charge in [-0.2, -0.15) is 5.10 Å². The lowest BCUT2D eigenvalue weighted by Crippen LogP contribution is -2.15. The van der Waals surface area contributed by atoms with Crippen molar-refractivity contribution in [3.05, 3.63) is 102 Å². The number of amides is 1. The Hall–Kier alpha value is -4.19. The topological polar surface area (TPSA) is 73.2 Å². The lowest BCUT2D eigenvalue weighted by molar-refractivity contribution is 0.0602. The molecule has 0 atom stereocenters. The third kappa shape index (κ3) is 4.23. The van der Waals surface area contributed by atoms with Gasteiger partial charge in [0.25, 0.3) is 5.91 Å². The summed E-state index contributed by atoms with van der Waals surface area (Å²) in [4.78, 5) is 24.7. The summed E-state index contributed by atoms with van der Waals surface area (Å²) >= 11 is 0. The monoisotopic (exact) mass is 411 g/mol. The van der Waals surface area contributed by atoms with E-state index in [0.717, 1.165) is 22.6 Å². The van der Waals surface area contributed by atoms with Crippen LogP contribution in [0.15, 0.2) is 84.9 Å². The summed E-state index contributed by atoms with van der Waals surface area (Å²) in [6.07, 6.45) is 0. The third-order valence-corrected chi connectivity index (χ3v) is 4.86. The number of hydrogen-bond acceptors (Lipinski definition) is 4. The second kappa shape index (κ2) is 8.67. The first-order valence-corrected chi connectivity index (χ1v) is 9.78. The van der Waals surface area contributed by atoms with Crippen molar-refractivity contribution in [1.82, 2.24) is 9.78 Å². The van der Waals surface area contributed by atoms with Gasteiger partial charge in [0.05, 0.1) is 35.4 Å². The predicted molar refractivity (Wildman–Crippen MR) is 119 cm³/mol. The van der Waals surface area contributed by atoms with E-state index in [2.05, 4.69) is 10.4 Å². The van der Waals surface area contributed by atoms with Crippen LogP contribution in [0.2, 0.25) is 0 Å². The summed E-state index contributed by atoms with van der Waals surface area (Å²) in [5.41, 5.74) is 4.95. The van der Waals surface area contributed by atoms with Crippen molar-refractivity contribution in [2.45, 2.75) is 6.92 Å². The van der Waals surface area contributed by atoms with Crippen LogP contribution in [0.1, 0.15) is 26.4 Å². The van der Waals surface area contributed by atoms with Gasteiger partial charge in [-0.05, 0) is 49.4 Å². The maximum Gasteiger partial charge on any atom is 0.339 e. The number of anilines is 1. The number of ether oxygens (including phenoxy) is 1. The summed E-state index contributed by atoms with van der Waals surface area (Å²) in [5.74, 6) is -0.823. The smallest absolute Gasteiger partial charge is 0.339 e. The first-order chi connectivity index (χ1) is 15.1. The van der Waals surface area contributed by atoms with Crippen molar-refractivity contribution in [2.75, 3.05) is 12.4 Å². The average Bonchev–Trinajstić information content (AvgIpc) is 3.21. The van der Waals surface area contributed by atoms with Crippen LogP contribution in [0.5, 0.6) is 0 Å². The molecule has 0 saturated carbocycles. The molecule has 6 nitrogen and oxygen atoms in total. The number of nitrogens with zero attached hydrogens (tertiary/aromatic N) is 2. The van der Waals surface area contributed by atoms with Gasteiger partial charge in [0.2, 0.25) is 0 Å². The molecule has 0 bridgehead atoms. The lowest BCUT2D eigenvalue weighted by atomic mass is 10.1. The Morgan fingerprint density at radius 2 is 1.58 bits per heavy atom. The Labute approximate surface area is 180 Å². The highest BCUT2D eigenvalue weighted by molar-refractivity contribution is 6.08. The number of para-hydroxylation sites is 1. The zero-order chi connectivity index (χ0) is 21.8. The first kappa shape index (κ1) is 20.1. The molecule has 4 rings (SSSR count). The number of aromatic nitrogens is 2. The van der Waals surface area contributed by atoms with Gasteiger partial charge in [-0.3, -0.25) is 4.79 Å². The molecule has 1 amide bonds. The highest BCUT2D eigenvalue weighted by Gasteiger charge is 2.15. The Morgan fingerprint density at radius 3 is 2.29 bits per heavy atom. The molecule has 0 spiro atoms. The van der Waals surface area contributed by atoms with Crippen molar-refractivity contribution in [3.63, 3.8) is 0 Å². The largest absolute Gasteiger partial charge is 0.465 e. The second-order valence-electron chi connectivity index (χ2n) is 6.99. The Bertz CT molecular complexity index is 1230. The zero-order valence-corrected chi connectivity index (χ0v) is 17.2. The number of benzene rings is 3. The van der Waals surface area contributed by atoms with Crippen LogP contribution in [0.25, 0.3) is 16.9 Å². The molecule has 0 fully saturated rings. The van der Waals surface area contributed by atoms with E-state index in [-0.39, 0.29) is 5.91 Å². The van der Waals surface area contributed by atoms with Crippen molar-refractivity contribution in [3.8, 4) is 16.9 Å². The summed E-state index contributed by atoms with van der Waals surface area (Å²) in [6, 6.07) is 25.9. The number of esters is 1. The third-order valence-electron chi connectivity index (χ3n) is 4.86. The molecule has 3 aromatic carbocycles. The maximum atomic E-state index is 12.7. The fourth-order valence-corrected chi connectivity index (χ4v) is 3.34. The molecule has 4 aromatic rings. The quantitative estimate of drug-likeness (QED) is 0.475. The highest BCUT2D eigenvalue weighted by atomic mass is 16.5. The fourth-order valence-electron chi connectivity index (χ4n) is 3.34. The van der Waals surface area contributed by atoms with E-state index in [9.17, 15) is 9.59 Å². The molecule has 154 valence electrons. The Balaban J connectivity index is 1.59. The summed E-state index contributed by atoms with van der Waals surface area (Å²) in [7, 11) is 1.31. The minimum Gasteiger partial charge on any atom is -0.465 e. The molecule has 0 aliphatic carbocycles. The Kier molecular flexibility index (Phi) is 5.62. The first-order valence-electron chi connectivity index (χ1n) is 9.78. The van der Waals surface area contributed by atoms with E-state index in [1.807, 2.05) is 60.1 Å². The van der Waals surface area contributed by atoms with Gasteiger partial charge in [-0.1, -0.05) is 42.5 Å². The number of hydrogen-bond donors (Lipinski definition) is 1. The van der Waals surface area contributed by atoms with Crippen LogP contribution >= 0.6 is 0 Å². The van der Waals surface area contributed by atoms with Crippen LogP contribution < -0.4 is 5.32 Å². The molecular weight excluding hydrogens is 390 g/mol. The molecule has 1 heterocycles. The van der Waals surface area contributed by atoms with Crippen molar-refractivity contribution < 1.29 is 14.3 Å². The van der Waals surface area contributed by atoms with Gasteiger partial charge in [0.1, 0.15) is 0 Å². The zero-order valence-electron chi connectivity index (χ0n) is 17.2. The molecule has 1 N–H and O–H groups in total. The van der Waals surface area contributed by atoms with Crippen LogP contribution in [0.4, 0.5) is 5.69 Å². The standard InChI is InChI=1S/C25H21N3O3/c1-17-16-23(18-8-4-3-5-9-18)28(27-17)20-14-12-19(13-15-20)24(29)26-22-11-7-6-10-21(22)25(30)31-2/h3-16H,1-2H3,(H,26,29). The lowest BCUT2D eigenvalue weighted by Gasteiger charge is -2.11. The molecule has 0 aliphatic heterocycles. The van der Waals surface area contributed by atoms with Gasteiger partial charge < -0.3 is 10.1 Å². The van der Waals surface area contributed by atoms with Gasteiger partial charge in [-0.15, -0.1) is 0 Å². The number of nitrogens with one attached hydrogen (secondary N) is 1. The molecule has 0 radical (unpaired) electrons. The number of methoxy groups -OCH3 is 1. The van der Waals surface area contributed by atoms with E-state index >= 15 is 0 Å². The normalized spacial score (nSPS) is 10.5. The maximum absolute atomic E-state index is 12.7. The summed E-state index contributed by atoms with van der Waals surface area (Å²) < 4.78 is 6.64. The fraction of sp³-hybridized carbons (Fsp3) is 0.0800. The average molecular weight is 411 g/mol. The van der Waals surface area contributed by atoms with Crippen LogP contribution in [-0.4, -0.2) is 28.8 Å². The number of carbonyl (C=O) groups is 2. The highest BCUT2D eigenvalue weighted by Crippen LogP contribution is 2.24. The number of rotatable bonds is 5. The van der Waals surface area contributed by atoms with Crippen molar-refractivity contribution in [2.24, 2.45) is 0 Å². The minimum absolute atomic E-state index is 0.300. The van der Waals surface area contributed by atoms with E-state index < -0.39 is 5.97 Å². The molecule has 0 saturated heterocycles. The van der Waals surface area contributed by atoms with Crippen molar-refractivity contribution in [1.29, 1.82) is 0 Å². The van der Waals surface area contributed by atoms with Crippen LogP contribution in [-0.2, 0) is 4.74 Å². The molecular formula is C25H21N3O3. The van der Waals surface area contributed by atoms with Crippen molar-refractivity contribution >= 4 is 17.6 Å². The van der Waals surface area contributed by atoms with Crippen LogP contribution in [0.3, 0.4) is 0 Å². The van der Waals surface area contributed by atoms with Gasteiger partial charge in [-0.25, -0.2) is 9.48 Å². The van der Waals surface area contributed by atoms with Crippen LogP contribution in [0, 0.1) is 6.92 Å². The summed E-state index contributed by atoms with van der Waals surface area (Å²) in [6.45, 7) is 1.95. The molecule has 0 unspecified atom stereocenters.